The van der Waals surface area contributed by atoms with E-state index < -0.39 is 23.2 Å². The predicted molar refractivity (Wildman–Crippen MR) is 38.2 cm³/mol. The second-order valence-corrected chi connectivity index (χ2v) is 2.79. The summed E-state index contributed by atoms with van der Waals surface area (Å²) in [5.41, 5.74) is 0. The van der Waals surface area contributed by atoms with Gasteiger partial charge in [0.25, 0.3) is 0 Å². The molecule has 0 radical (unpaired) electrons. The summed E-state index contributed by atoms with van der Waals surface area (Å²) in [5, 5.41) is 28.1. The van der Waals surface area contributed by atoms with Crippen LogP contribution in [0, 0.1) is 10.1 Å². The van der Waals surface area contributed by atoms with E-state index >= 15 is 0 Å². The zero-order valence-electron chi connectivity index (χ0n) is 6.42. The number of hydrogen-bond donors (Lipinski definition) is 2. The molecule has 0 unspecified atom stereocenters. The van der Waals surface area contributed by atoms with Crippen molar-refractivity contribution in [3.63, 3.8) is 0 Å². The fourth-order valence-electron chi connectivity index (χ4n) is 1.19. The molecule has 0 aromatic heterocycles. The maximum absolute atomic E-state index is 10.3. The molecule has 0 aromatic carbocycles. The van der Waals surface area contributed by atoms with Gasteiger partial charge in [-0.3, -0.25) is 10.1 Å². The van der Waals surface area contributed by atoms with Crippen molar-refractivity contribution < 1.29 is 19.9 Å². The summed E-state index contributed by atoms with van der Waals surface area (Å²) in [6.45, 7) is -0.312. The first-order valence-corrected chi connectivity index (χ1v) is 3.69. The van der Waals surface area contributed by atoms with Crippen LogP contribution in [-0.4, -0.2) is 46.6 Å². The molecular formula is C6H11NO5. The molecule has 6 heteroatoms. The maximum atomic E-state index is 10.3. The van der Waals surface area contributed by atoms with E-state index in [2.05, 4.69) is 0 Å². The molecule has 12 heavy (non-hydrogen) atoms. The second-order valence-electron chi connectivity index (χ2n) is 2.79. The van der Waals surface area contributed by atoms with Crippen molar-refractivity contribution in [2.24, 2.45) is 0 Å². The first kappa shape index (κ1) is 9.37. The summed E-state index contributed by atoms with van der Waals surface area (Å²) in [4.78, 5) is 9.80. The molecule has 1 heterocycles. The van der Waals surface area contributed by atoms with E-state index in [1.54, 1.807) is 0 Å². The predicted octanol–water partition coefficient (Wildman–Crippen LogP) is -1.23. The molecule has 1 rings (SSSR count). The van der Waals surface area contributed by atoms with Gasteiger partial charge in [-0.25, -0.2) is 0 Å². The minimum Gasteiger partial charge on any atom is -0.394 e. The highest BCUT2D eigenvalue weighted by Crippen LogP contribution is 2.16. The lowest BCUT2D eigenvalue weighted by atomic mass is 10.0. The van der Waals surface area contributed by atoms with Crippen molar-refractivity contribution in [1.82, 2.24) is 0 Å². The van der Waals surface area contributed by atoms with Gasteiger partial charge in [-0.2, -0.15) is 0 Å². The molecule has 70 valence electrons. The SMILES string of the molecule is O=[N+]([O-])[C@H]1C[C@@H](CO)OC[C@@H]1O. The van der Waals surface area contributed by atoms with E-state index in [1.807, 2.05) is 0 Å². The third-order valence-electron chi connectivity index (χ3n) is 1.93. The Morgan fingerprint density at radius 1 is 1.67 bits per heavy atom. The van der Waals surface area contributed by atoms with Crippen LogP contribution in [0.2, 0.25) is 0 Å². The molecule has 0 amide bonds. The number of rotatable bonds is 2. The lowest BCUT2D eigenvalue weighted by Gasteiger charge is -2.27. The standard InChI is InChI=1S/C6H11NO5/c8-2-4-1-5(7(10)11)6(9)3-12-4/h4-6,8-9H,1-3H2/t4-,5-,6-/m0/s1. The van der Waals surface area contributed by atoms with Crippen LogP contribution in [0.15, 0.2) is 0 Å². The Kier molecular flexibility index (Phi) is 2.96. The summed E-state index contributed by atoms with van der Waals surface area (Å²) in [7, 11) is 0. The zero-order chi connectivity index (χ0) is 9.14. The van der Waals surface area contributed by atoms with E-state index in [4.69, 9.17) is 14.9 Å². The highest BCUT2D eigenvalue weighted by Gasteiger charge is 2.37. The minimum absolute atomic E-state index is 0.0725. The smallest absolute Gasteiger partial charge is 0.243 e. The van der Waals surface area contributed by atoms with Crippen LogP contribution in [0.5, 0.6) is 0 Å². The minimum atomic E-state index is -1.05. The number of nitro groups is 1. The van der Waals surface area contributed by atoms with E-state index in [0.717, 1.165) is 0 Å². The first-order valence-electron chi connectivity index (χ1n) is 3.69. The number of nitrogens with zero attached hydrogens (tertiary/aromatic N) is 1. The van der Waals surface area contributed by atoms with Gasteiger partial charge in [0.15, 0.2) is 0 Å². The van der Waals surface area contributed by atoms with Gasteiger partial charge in [0.05, 0.1) is 19.3 Å². The van der Waals surface area contributed by atoms with E-state index in [9.17, 15) is 10.1 Å². The van der Waals surface area contributed by atoms with Crippen LogP contribution in [-0.2, 0) is 4.74 Å². The van der Waals surface area contributed by atoms with Crippen molar-refractivity contribution in [3.05, 3.63) is 10.1 Å². The number of ether oxygens (including phenoxy) is 1. The zero-order valence-corrected chi connectivity index (χ0v) is 6.42. The van der Waals surface area contributed by atoms with Gasteiger partial charge < -0.3 is 14.9 Å². The first-order chi connectivity index (χ1) is 5.65. The second kappa shape index (κ2) is 3.79. The van der Waals surface area contributed by atoms with E-state index in [1.165, 1.54) is 0 Å². The van der Waals surface area contributed by atoms with Crippen LogP contribution in [0.25, 0.3) is 0 Å². The largest absolute Gasteiger partial charge is 0.394 e. The normalized spacial score (nSPS) is 36.3. The third kappa shape index (κ3) is 1.90. The summed E-state index contributed by atoms with van der Waals surface area (Å²) < 4.78 is 4.92. The Bertz CT molecular complexity index is 173. The average Bonchev–Trinajstić information content (AvgIpc) is 2.05. The summed E-state index contributed by atoms with van der Waals surface area (Å²) >= 11 is 0. The highest BCUT2D eigenvalue weighted by atomic mass is 16.6. The molecule has 0 bridgehead atoms. The van der Waals surface area contributed by atoms with Crippen LogP contribution < -0.4 is 0 Å². The molecule has 0 aromatic rings. The molecule has 1 fully saturated rings. The number of hydrogen-bond acceptors (Lipinski definition) is 5. The van der Waals surface area contributed by atoms with Crippen molar-refractivity contribution in [2.45, 2.75) is 24.7 Å². The summed E-state index contributed by atoms with van der Waals surface area (Å²) in [6.07, 6.45) is -1.49. The van der Waals surface area contributed by atoms with Crippen LogP contribution in [0.4, 0.5) is 0 Å². The van der Waals surface area contributed by atoms with Gasteiger partial charge in [0.1, 0.15) is 6.10 Å². The van der Waals surface area contributed by atoms with Gasteiger partial charge >= 0.3 is 0 Å². The topological polar surface area (TPSA) is 92.8 Å². The van der Waals surface area contributed by atoms with Crippen LogP contribution in [0.3, 0.4) is 0 Å². The van der Waals surface area contributed by atoms with E-state index in [-0.39, 0.29) is 19.6 Å². The molecular weight excluding hydrogens is 166 g/mol. The van der Waals surface area contributed by atoms with Gasteiger partial charge in [-0.1, -0.05) is 0 Å². The Labute approximate surface area is 68.9 Å². The van der Waals surface area contributed by atoms with E-state index in [0.29, 0.717) is 0 Å². The summed E-state index contributed by atoms with van der Waals surface area (Å²) in [5.74, 6) is 0. The molecule has 3 atom stereocenters. The Balaban J connectivity index is 2.53. The molecule has 0 spiro atoms. The Hall–Kier alpha value is -0.720. The third-order valence-corrected chi connectivity index (χ3v) is 1.93. The van der Waals surface area contributed by atoms with Gasteiger partial charge in [-0.15, -0.1) is 0 Å². The summed E-state index contributed by atoms with van der Waals surface area (Å²) in [6, 6.07) is -1.00. The monoisotopic (exact) mass is 177 g/mol. The molecule has 2 N–H and O–H groups in total. The number of aliphatic hydroxyl groups excluding tert-OH is 2. The van der Waals surface area contributed by atoms with Gasteiger partial charge in [-0.05, 0) is 0 Å². The van der Waals surface area contributed by atoms with Crippen molar-refractivity contribution in [3.8, 4) is 0 Å². The fourth-order valence-corrected chi connectivity index (χ4v) is 1.19. The van der Waals surface area contributed by atoms with Crippen molar-refractivity contribution in [2.75, 3.05) is 13.2 Å². The van der Waals surface area contributed by atoms with Crippen molar-refractivity contribution in [1.29, 1.82) is 0 Å². The molecule has 1 saturated heterocycles. The van der Waals surface area contributed by atoms with Gasteiger partial charge in [0, 0.05) is 11.3 Å². The molecule has 0 aliphatic carbocycles. The van der Waals surface area contributed by atoms with Crippen molar-refractivity contribution >= 4 is 0 Å². The Morgan fingerprint density at radius 2 is 2.33 bits per heavy atom. The van der Waals surface area contributed by atoms with Crippen LogP contribution >= 0.6 is 0 Å². The van der Waals surface area contributed by atoms with Gasteiger partial charge in [0.2, 0.25) is 6.04 Å². The lowest BCUT2D eigenvalue weighted by molar-refractivity contribution is -0.543. The van der Waals surface area contributed by atoms with Crippen LogP contribution in [0.1, 0.15) is 6.42 Å². The maximum Gasteiger partial charge on any atom is 0.243 e. The molecule has 6 nitrogen and oxygen atoms in total. The molecule has 0 saturated carbocycles. The lowest BCUT2D eigenvalue weighted by Crippen LogP contribution is -2.46. The fraction of sp³-hybridized carbons (Fsp3) is 1.00. The quantitative estimate of drug-likeness (QED) is 0.407. The molecule has 1 aliphatic rings. The Morgan fingerprint density at radius 3 is 2.83 bits per heavy atom. The number of aliphatic hydroxyl groups is 2. The average molecular weight is 177 g/mol. The molecule has 1 aliphatic heterocycles. The highest BCUT2D eigenvalue weighted by molar-refractivity contribution is 4.77.